The summed E-state index contributed by atoms with van der Waals surface area (Å²) in [5.74, 6) is -0.194. The quantitative estimate of drug-likeness (QED) is 0.668. The minimum Gasteiger partial charge on any atom is -0.265 e. The molecule has 1 heterocycles. The number of benzene rings is 1. The second-order valence-electron chi connectivity index (χ2n) is 3.20. The highest BCUT2D eigenvalue weighted by Crippen LogP contribution is 2.22. The van der Waals surface area contributed by atoms with Gasteiger partial charge in [0.05, 0.1) is 0 Å². The van der Waals surface area contributed by atoms with Gasteiger partial charge < -0.3 is 0 Å². The molecule has 0 aliphatic carbocycles. The van der Waals surface area contributed by atoms with Crippen molar-refractivity contribution in [2.75, 3.05) is 0 Å². The highest BCUT2D eigenvalue weighted by Gasteiger charge is 2.01. The molecule has 2 rings (SSSR count). The van der Waals surface area contributed by atoms with Crippen molar-refractivity contribution >= 4 is 0 Å². The molecule has 1 aromatic carbocycles. The van der Waals surface area contributed by atoms with Crippen molar-refractivity contribution in [2.24, 2.45) is 0 Å². The van der Waals surface area contributed by atoms with Gasteiger partial charge >= 0.3 is 0 Å². The standard InChI is InChI=1S/C12H10FN/c1-9-8-11(13)2-3-12(9)10-4-6-14-7-5-10/h2-8H,1H3. The molecule has 0 spiro atoms. The van der Waals surface area contributed by atoms with Crippen LogP contribution < -0.4 is 0 Å². The summed E-state index contributed by atoms with van der Waals surface area (Å²) in [6.07, 6.45) is 3.47. The van der Waals surface area contributed by atoms with Crippen LogP contribution in [-0.4, -0.2) is 4.98 Å². The molecule has 14 heavy (non-hydrogen) atoms. The summed E-state index contributed by atoms with van der Waals surface area (Å²) in [7, 11) is 0. The van der Waals surface area contributed by atoms with Gasteiger partial charge in [-0.1, -0.05) is 6.07 Å². The van der Waals surface area contributed by atoms with E-state index in [1.807, 2.05) is 19.1 Å². The van der Waals surface area contributed by atoms with Gasteiger partial charge in [0.1, 0.15) is 5.82 Å². The summed E-state index contributed by atoms with van der Waals surface area (Å²) < 4.78 is 12.9. The number of hydrogen-bond acceptors (Lipinski definition) is 1. The summed E-state index contributed by atoms with van der Waals surface area (Å²) in [5, 5.41) is 0. The van der Waals surface area contributed by atoms with Crippen molar-refractivity contribution in [1.29, 1.82) is 0 Å². The summed E-state index contributed by atoms with van der Waals surface area (Å²) in [6, 6.07) is 8.64. The van der Waals surface area contributed by atoms with E-state index in [1.165, 1.54) is 12.1 Å². The number of rotatable bonds is 1. The third kappa shape index (κ3) is 1.64. The molecular weight excluding hydrogens is 177 g/mol. The first-order chi connectivity index (χ1) is 6.77. The Morgan fingerprint density at radius 1 is 1.07 bits per heavy atom. The van der Waals surface area contributed by atoms with Crippen molar-refractivity contribution in [3.8, 4) is 11.1 Å². The van der Waals surface area contributed by atoms with Crippen LogP contribution in [0.1, 0.15) is 5.56 Å². The van der Waals surface area contributed by atoms with E-state index in [0.717, 1.165) is 16.7 Å². The zero-order valence-corrected chi connectivity index (χ0v) is 7.87. The third-order valence-electron chi connectivity index (χ3n) is 2.18. The van der Waals surface area contributed by atoms with Crippen LogP contribution in [0.3, 0.4) is 0 Å². The number of halogens is 1. The Balaban J connectivity index is 2.53. The van der Waals surface area contributed by atoms with Crippen LogP contribution in [0, 0.1) is 12.7 Å². The average Bonchev–Trinajstić information content (AvgIpc) is 2.19. The number of hydrogen-bond donors (Lipinski definition) is 0. The fourth-order valence-electron chi connectivity index (χ4n) is 1.48. The molecule has 1 aromatic heterocycles. The lowest BCUT2D eigenvalue weighted by Crippen LogP contribution is -1.85. The molecular formula is C12H10FN. The predicted octanol–water partition coefficient (Wildman–Crippen LogP) is 3.20. The maximum Gasteiger partial charge on any atom is 0.123 e. The third-order valence-corrected chi connectivity index (χ3v) is 2.18. The molecule has 0 bridgehead atoms. The first kappa shape index (κ1) is 8.88. The monoisotopic (exact) mass is 187 g/mol. The molecule has 0 radical (unpaired) electrons. The smallest absolute Gasteiger partial charge is 0.123 e. The molecule has 0 saturated heterocycles. The van der Waals surface area contributed by atoms with Crippen LogP contribution in [0.25, 0.3) is 11.1 Å². The molecule has 0 saturated carbocycles. The first-order valence-electron chi connectivity index (χ1n) is 4.44. The van der Waals surface area contributed by atoms with Crippen LogP contribution in [0.4, 0.5) is 4.39 Å². The average molecular weight is 187 g/mol. The van der Waals surface area contributed by atoms with E-state index in [4.69, 9.17) is 0 Å². The minimum absolute atomic E-state index is 0.194. The molecule has 70 valence electrons. The van der Waals surface area contributed by atoms with Gasteiger partial charge in [-0.3, -0.25) is 4.98 Å². The highest BCUT2D eigenvalue weighted by molar-refractivity contribution is 5.66. The van der Waals surface area contributed by atoms with Crippen molar-refractivity contribution in [3.05, 3.63) is 54.1 Å². The summed E-state index contributed by atoms with van der Waals surface area (Å²) in [5.41, 5.74) is 3.06. The number of aromatic nitrogens is 1. The van der Waals surface area contributed by atoms with Gasteiger partial charge in [0.25, 0.3) is 0 Å². The Morgan fingerprint density at radius 3 is 2.43 bits per heavy atom. The molecule has 0 unspecified atom stereocenters. The van der Waals surface area contributed by atoms with Crippen LogP contribution in [0.15, 0.2) is 42.7 Å². The SMILES string of the molecule is Cc1cc(F)ccc1-c1ccncc1. The number of nitrogens with zero attached hydrogens (tertiary/aromatic N) is 1. The lowest BCUT2D eigenvalue weighted by molar-refractivity contribution is 0.627. The van der Waals surface area contributed by atoms with Gasteiger partial charge in [-0.2, -0.15) is 0 Å². The van der Waals surface area contributed by atoms with Gasteiger partial charge in [-0.25, -0.2) is 4.39 Å². The van der Waals surface area contributed by atoms with Crippen molar-refractivity contribution in [3.63, 3.8) is 0 Å². The molecule has 0 N–H and O–H groups in total. The van der Waals surface area contributed by atoms with Crippen molar-refractivity contribution in [2.45, 2.75) is 6.92 Å². The maximum absolute atomic E-state index is 12.9. The Morgan fingerprint density at radius 2 is 1.79 bits per heavy atom. The van der Waals surface area contributed by atoms with Crippen LogP contribution in [0.2, 0.25) is 0 Å². The first-order valence-corrected chi connectivity index (χ1v) is 4.44. The molecule has 0 aliphatic rings. The van der Waals surface area contributed by atoms with Crippen molar-refractivity contribution in [1.82, 2.24) is 4.98 Å². The van der Waals surface area contributed by atoms with E-state index in [-0.39, 0.29) is 5.82 Å². The Hall–Kier alpha value is -1.70. The minimum atomic E-state index is -0.194. The zero-order chi connectivity index (χ0) is 9.97. The predicted molar refractivity (Wildman–Crippen MR) is 54.4 cm³/mol. The second-order valence-corrected chi connectivity index (χ2v) is 3.20. The van der Waals surface area contributed by atoms with Crippen molar-refractivity contribution < 1.29 is 4.39 Å². The number of aryl methyl sites for hydroxylation is 1. The summed E-state index contributed by atoms with van der Waals surface area (Å²) in [4.78, 5) is 3.94. The molecule has 0 atom stereocenters. The Kier molecular flexibility index (Phi) is 2.27. The Labute approximate surface area is 82.2 Å². The molecule has 2 heteroatoms. The van der Waals surface area contributed by atoms with Gasteiger partial charge in [0.2, 0.25) is 0 Å². The lowest BCUT2D eigenvalue weighted by atomic mass is 10.0. The molecule has 0 aliphatic heterocycles. The van der Waals surface area contributed by atoms with Crippen LogP contribution in [-0.2, 0) is 0 Å². The highest BCUT2D eigenvalue weighted by atomic mass is 19.1. The maximum atomic E-state index is 12.9. The van der Waals surface area contributed by atoms with E-state index in [1.54, 1.807) is 18.5 Å². The largest absolute Gasteiger partial charge is 0.265 e. The molecule has 2 aromatic rings. The lowest BCUT2D eigenvalue weighted by Gasteiger charge is -2.04. The van der Waals surface area contributed by atoms with E-state index < -0.39 is 0 Å². The molecule has 0 fully saturated rings. The second kappa shape index (κ2) is 3.58. The van der Waals surface area contributed by atoms with E-state index in [2.05, 4.69) is 4.98 Å². The Bertz CT molecular complexity index is 437. The van der Waals surface area contributed by atoms with Gasteiger partial charge in [-0.05, 0) is 47.9 Å². The van der Waals surface area contributed by atoms with Gasteiger partial charge in [-0.15, -0.1) is 0 Å². The summed E-state index contributed by atoms with van der Waals surface area (Å²) in [6.45, 7) is 1.90. The molecule has 1 nitrogen and oxygen atoms in total. The fraction of sp³-hybridized carbons (Fsp3) is 0.0833. The summed E-state index contributed by atoms with van der Waals surface area (Å²) >= 11 is 0. The van der Waals surface area contributed by atoms with E-state index in [9.17, 15) is 4.39 Å². The van der Waals surface area contributed by atoms with Gasteiger partial charge in [0.15, 0.2) is 0 Å². The van der Waals surface area contributed by atoms with E-state index in [0.29, 0.717) is 0 Å². The molecule has 0 amide bonds. The van der Waals surface area contributed by atoms with Crippen LogP contribution in [0.5, 0.6) is 0 Å². The van der Waals surface area contributed by atoms with Crippen LogP contribution >= 0.6 is 0 Å². The zero-order valence-electron chi connectivity index (χ0n) is 7.87. The topological polar surface area (TPSA) is 12.9 Å². The van der Waals surface area contributed by atoms with E-state index >= 15 is 0 Å². The fourth-order valence-corrected chi connectivity index (χ4v) is 1.48. The van der Waals surface area contributed by atoms with Gasteiger partial charge in [0, 0.05) is 12.4 Å². The normalized spacial score (nSPS) is 10.1. The number of pyridine rings is 1.